The zero-order valence-corrected chi connectivity index (χ0v) is 10.4. The molecule has 0 unspecified atom stereocenters. The van der Waals surface area contributed by atoms with Crippen LogP contribution in [0.4, 0.5) is 5.13 Å². The second-order valence-electron chi connectivity index (χ2n) is 4.82. The van der Waals surface area contributed by atoms with Crippen molar-refractivity contribution < 1.29 is 0 Å². The number of hydrogen-bond acceptors (Lipinski definition) is 4. The van der Waals surface area contributed by atoms with E-state index in [4.69, 9.17) is 4.98 Å². The number of rotatable bonds is 4. The van der Waals surface area contributed by atoms with Crippen LogP contribution < -0.4 is 10.2 Å². The molecular weight excluding hydrogens is 218 g/mol. The highest BCUT2D eigenvalue weighted by molar-refractivity contribution is 7.13. The average Bonchev–Trinajstić information content (AvgIpc) is 3.05. The maximum atomic E-state index is 4.72. The first-order valence-electron chi connectivity index (χ1n) is 6.34. The van der Waals surface area contributed by atoms with E-state index in [0.717, 1.165) is 12.6 Å². The van der Waals surface area contributed by atoms with Gasteiger partial charge in [0, 0.05) is 31.1 Å². The van der Waals surface area contributed by atoms with Crippen molar-refractivity contribution in [3.8, 4) is 0 Å². The molecule has 88 valence electrons. The van der Waals surface area contributed by atoms with Crippen LogP contribution >= 0.6 is 11.3 Å². The van der Waals surface area contributed by atoms with Crippen LogP contribution in [0.1, 0.15) is 37.8 Å². The van der Waals surface area contributed by atoms with E-state index in [-0.39, 0.29) is 0 Å². The van der Waals surface area contributed by atoms with Crippen LogP contribution in [0.3, 0.4) is 0 Å². The Morgan fingerprint density at radius 1 is 1.31 bits per heavy atom. The van der Waals surface area contributed by atoms with Crippen molar-refractivity contribution in [2.45, 2.75) is 44.7 Å². The molecule has 0 bridgehead atoms. The molecule has 1 saturated heterocycles. The van der Waals surface area contributed by atoms with Gasteiger partial charge in [-0.3, -0.25) is 0 Å². The Hall–Kier alpha value is -0.610. The van der Waals surface area contributed by atoms with E-state index >= 15 is 0 Å². The standard InChI is InChI=1S/C12H19N3S/c1-2-6-15(7-3-1)12-14-11(9-16-12)8-13-10-4-5-10/h9-10,13H,1-8H2. The fraction of sp³-hybridized carbons (Fsp3) is 0.750. The molecule has 3 nitrogen and oxygen atoms in total. The number of piperidine rings is 1. The molecule has 1 aromatic rings. The summed E-state index contributed by atoms with van der Waals surface area (Å²) in [7, 11) is 0. The molecule has 2 aliphatic rings. The van der Waals surface area contributed by atoms with Gasteiger partial charge in [-0.05, 0) is 32.1 Å². The highest BCUT2D eigenvalue weighted by Crippen LogP contribution is 2.25. The highest BCUT2D eigenvalue weighted by Gasteiger charge is 2.21. The first kappa shape index (κ1) is 10.5. The van der Waals surface area contributed by atoms with Crippen molar-refractivity contribution in [2.75, 3.05) is 18.0 Å². The summed E-state index contributed by atoms with van der Waals surface area (Å²) in [5.74, 6) is 0. The second-order valence-corrected chi connectivity index (χ2v) is 5.66. The average molecular weight is 237 g/mol. The summed E-state index contributed by atoms with van der Waals surface area (Å²) in [6, 6.07) is 0.778. The summed E-state index contributed by atoms with van der Waals surface area (Å²) in [4.78, 5) is 7.15. The van der Waals surface area contributed by atoms with Crippen molar-refractivity contribution in [2.24, 2.45) is 0 Å². The van der Waals surface area contributed by atoms with Gasteiger partial charge < -0.3 is 10.2 Å². The lowest BCUT2D eigenvalue weighted by molar-refractivity contribution is 0.575. The van der Waals surface area contributed by atoms with E-state index in [1.807, 2.05) is 0 Å². The van der Waals surface area contributed by atoms with Crippen molar-refractivity contribution >= 4 is 16.5 Å². The Labute approximate surface area is 101 Å². The van der Waals surface area contributed by atoms with Crippen LogP contribution in [0.25, 0.3) is 0 Å². The van der Waals surface area contributed by atoms with Gasteiger partial charge in [-0.2, -0.15) is 0 Å². The fourth-order valence-corrected chi connectivity index (χ4v) is 3.02. The third-order valence-corrected chi connectivity index (χ3v) is 4.27. The zero-order valence-electron chi connectivity index (χ0n) is 9.61. The second kappa shape index (κ2) is 4.72. The quantitative estimate of drug-likeness (QED) is 0.871. The van der Waals surface area contributed by atoms with E-state index in [0.29, 0.717) is 0 Å². The smallest absolute Gasteiger partial charge is 0.185 e. The molecule has 0 aromatic carbocycles. The summed E-state index contributed by atoms with van der Waals surface area (Å²) in [6.45, 7) is 3.35. The Morgan fingerprint density at radius 3 is 2.88 bits per heavy atom. The molecule has 1 aliphatic heterocycles. The highest BCUT2D eigenvalue weighted by atomic mass is 32.1. The Kier molecular flexibility index (Phi) is 3.11. The van der Waals surface area contributed by atoms with Gasteiger partial charge >= 0.3 is 0 Å². The summed E-state index contributed by atoms with van der Waals surface area (Å²) in [5.41, 5.74) is 1.22. The van der Waals surface area contributed by atoms with E-state index < -0.39 is 0 Å². The summed E-state index contributed by atoms with van der Waals surface area (Å²) in [5, 5.41) is 6.95. The van der Waals surface area contributed by atoms with Crippen LogP contribution in [0.2, 0.25) is 0 Å². The van der Waals surface area contributed by atoms with Crippen molar-refractivity contribution in [3.63, 3.8) is 0 Å². The van der Waals surface area contributed by atoms with Gasteiger partial charge in [-0.1, -0.05) is 0 Å². The van der Waals surface area contributed by atoms with Crippen LogP contribution in [0.15, 0.2) is 5.38 Å². The van der Waals surface area contributed by atoms with Crippen LogP contribution in [-0.4, -0.2) is 24.1 Å². The van der Waals surface area contributed by atoms with E-state index in [1.54, 1.807) is 11.3 Å². The molecule has 1 aliphatic carbocycles. The van der Waals surface area contributed by atoms with E-state index in [9.17, 15) is 0 Å². The zero-order chi connectivity index (χ0) is 10.8. The van der Waals surface area contributed by atoms with Gasteiger partial charge in [0.05, 0.1) is 5.69 Å². The van der Waals surface area contributed by atoms with Gasteiger partial charge in [0.25, 0.3) is 0 Å². The van der Waals surface area contributed by atoms with Crippen LogP contribution in [-0.2, 0) is 6.54 Å². The van der Waals surface area contributed by atoms with Gasteiger partial charge in [-0.15, -0.1) is 11.3 Å². The minimum atomic E-state index is 0.778. The summed E-state index contributed by atoms with van der Waals surface area (Å²) < 4.78 is 0. The molecular formula is C12H19N3S. The maximum absolute atomic E-state index is 4.72. The number of anilines is 1. The van der Waals surface area contributed by atoms with Gasteiger partial charge in [0.2, 0.25) is 0 Å². The lowest BCUT2D eigenvalue weighted by Gasteiger charge is -2.25. The van der Waals surface area contributed by atoms with E-state index in [2.05, 4.69) is 15.6 Å². The lowest BCUT2D eigenvalue weighted by Crippen LogP contribution is -2.29. The van der Waals surface area contributed by atoms with Gasteiger partial charge in [0.15, 0.2) is 5.13 Å². The molecule has 0 atom stereocenters. The molecule has 2 fully saturated rings. The normalized spacial score (nSPS) is 21.4. The molecule has 0 radical (unpaired) electrons. The first-order chi connectivity index (χ1) is 7.92. The Balaban J connectivity index is 1.57. The van der Waals surface area contributed by atoms with Crippen LogP contribution in [0, 0.1) is 0 Å². The van der Waals surface area contributed by atoms with E-state index in [1.165, 1.54) is 56.0 Å². The van der Waals surface area contributed by atoms with Gasteiger partial charge in [-0.25, -0.2) is 4.98 Å². The molecule has 4 heteroatoms. The number of nitrogens with zero attached hydrogens (tertiary/aromatic N) is 2. The molecule has 3 rings (SSSR count). The maximum Gasteiger partial charge on any atom is 0.185 e. The van der Waals surface area contributed by atoms with Crippen molar-refractivity contribution in [1.82, 2.24) is 10.3 Å². The summed E-state index contributed by atoms with van der Waals surface area (Å²) in [6.07, 6.45) is 6.74. The topological polar surface area (TPSA) is 28.2 Å². The predicted octanol–water partition coefficient (Wildman–Crippen LogP) is 2.39. The lowest BCUT2D eigenvalue weighted by atomic mass is 10.1. The first-order valence-corrected chi connectivity index (χ1v) is 7.22. The predicted molar refractivity (Wildman–Crippen MR) is 68.0 cm³/mol. The number of nitrogens with one attached hydrogen (secondary N) is 1. The number of hydrogen-bond donors (Lipinski definition) is 1. The molecule has 2 heterocycles. The SMILES string of the molecule is c1sc(N2CCCCC2)nc1CNC1CC1. The third-order valence-electron chi connectivity index (χ3n) is 3.32. The Bertz CT molecular complexity index is 340. The fourth-order valence-electron chi connectivity index (χ4n) is 2.14. The molecule has 16 heavy (non-hydrogen) atoms. The minimum absolute atomic E-state index is 0.778. The van der Waals surface area contributed by atoms with Crippen LogP contribution in [0.5, 0.6) is 0 Å². The molecule has 1 N–H and O–H groups in total. The largest absolute Gasteiger partial charge is 0.348 e. The molecule has 0 spiro atoms. The van der Waals surface area contributed by atoms with Gasteiger partial charge in [0.1, 0.15) is 0 Å². The summed E-state index contributed by atoms with van der Waals surface area (Å²) >= 11 is 1.80. The Morgan fingerprint density at radius 2 is 2.12 bits per heavy atom. The third kappa shape index (κ3) is 2.55. The number of thiazole rings is 1. The minimum Gasteiger partial charge on any atom is -0.348 e. The monoisotopic (exact) mass is 237 g/mol. The molecule has 1 aromatic heterocycles. The molecule has 0 amide bonds. The van der Waals surface area contributed by atoms with Crippen molar-refractivity contribution in [3.05, 3.63) is 11.1 Å². The molecule has 1 saturated carbocycles. The number of aromatic nitrogens is 1. The van der Waals surface area contributed by atoms with Crippen molar-refractivity contribution in [1.29, 1.82) is 0 Å².